The second-order valence-corrected chi connectivity index (χ2v) is 5.94. The van der Waals surface area contributed by atoms with Gasteiger partial charge in [0.2, 0.25) is 0 Å². The third-order valence-electron chi connectivity index (χ3n) is 3.13. The molecular weight excluding hydrogens is 212 g/mol. The molecule has 1 heterocycles. The van der Waals surface area contributed by atoms with Gasteiger partial charge in [0.05, 0.1) is 13.2 Å². The van der Waals surface area contributed by atoms with E-state index in [1.165, 1.54) is 5.56 Å². The lowest BCUT2D eigenvalue weighted by atomic mass is 9.95. The van der Waals surface area contributed by atoms with E-state index in [9.17, 15) is 0 Å². The van der Waals surface area contributed by atoms with Gasteiger partial charge in [-0.1, -0.05) is 52.0 Å². The van der Waals surface area contributed by atoms with Crippen molar-refractivity contribution >= 4 is 0 Å². The van der Waals surface area contributed by atoms with Crippen molar-refractivity contribution in [1.82, 2.24) is 0 Å². The second-order valence-electron chi connectivity index (χ2n) is 5.94. The molecule has 1 aliphatic rings. The van der Waals surface area contributed by atoms with Crippen molar-refractivity contribution in [1.29, 1.82) is 0 Å². The summed E-state index contributed by atoms with van der Waals surface area (Å²) in [6.45, 7) is 10.2. The van der Waals surface area contributed by atoms with E-state index in [-0.39, 0.29) is 11.7 Å². The first-order valence-electron chi connectivity index (χ1n) is 6.31. The van der Waals surface area contributed by atoms with Crippen LogP contribution in [0.5, 0.6) is 0 Å². The molecular formula is C15H22O2. The molecule has 2 nitrogen and oxygen atoms in total. The lowest BCUT2D eigenvalue weighted by molar-refractivity contribution is -0.226. The lowest BCUT2D eigenvalue weighted by Gasteiger charge is -2.34. The molecule has 1 aliphatic heterocycles. The van der Waals surface area contributed by atoms with Gasteiger partial charge >= 0.3 is 0 Å². The molecule has 0 saturated carbocycles. The van der Waals surface area contributed by atoms with Gasteiger partial charge in [0.15, 0.2) is 6.29 Å². The normalized spacial score (nSPS) is 20.8. The Morgan fingerprint density at radius 1 is 1.06 bits per heavy atom. The lowest BCUT2D eigenvalue weighted by Crippen LogP contribution is -2.33. The van der Waals surface area contributed by atoms with Gasteiger partial charge in [-0.25, -0.2) is 0 Å². The number of benzene rings is 1. The average Bonchev–Trinajstić information content (AvgIpc) is 2.29. The minimum Gasteiger partial charge on any atom is -0.348 e. The fraction of sp³-hybridized carbons (Fsp3) is 0.600. The molecule has 17 heavy (non-hydrogen) atoms. The minimum atomic E-state index is -0.191. The summed E-state index contributed by atoms with van der Waals surface area (Å²) in [4.78, 5) is 0. The summed E-state index contributed by atoms with van der Waals surface area (Å²) >= 11 is 0. The molecule has 0 aliphatic carbocycles. The molecule has 0 radical (unpaired) electrons. The molecule has 2 heteroatoms. The zero-order valence-electron chi connectivity index (χ0n) is 11.2. The zero-order chi connectivity index (χ0) is 12.5. The van der Waals surface area contributed by atoms with Crippen molar-refractivity contribution in [3.63, 3.8) is 0 Å². The summed E-state index contributed by atoms with van der Waals surface area (Å²) in [7, 11) is 0. The van der Waals surface area contributed by atoms with E-state index in [0.717, 1.165) is 18.8 Å². The Balaban J connectivity index is 2.04. The van der Waals surface area contributed by atoms with Crippen molar-refractivity contribution in [2.24, 2.45) is 5.41 Å². The molecule has 1 fully saturated rings. The molecule has 0 unspecified atom stereocenters. The van der Waals surface area contributed by atoms with Crippen molar-refractivity contribution in [3.05, 3.63) is 35.4 Å². The maximum Gasteiger partial charge on any atom is 0.183 e. The van der Waals surface area contributed by atoms with Gasteiger partial charge in [-0.3, -0.25) is 0 Å². The van der Waals surface area contributed by atoms with Crippen LogP contribution in [-0.4, -0.2) is 13.2 Å². The van der Waals surface area contributed by atoms with Gasteiger partial charge in [-0.15, -0.1) is 0 Å². The van der Waals surface area contributed by atoms with Crippen molar-refractivity contribution < 1.29 is 9.47 Å². The van der Waals surface area contributed by atoms with Crippen LogP contribution >= 0.6 is 0 Å². The van der Waals surface area contributed by atoms with Crippen LogP contribution in [0, 0.1) is 5.41 Å². The second kappa shape index (κ2) is 4.79. The first kappa shape index (κ1) is 12.6. The van der Waals surface area contributed by atoms with Crippen LogP contribution in [0.2, 0.25) is 0 Å². The van der Waals surface area contributed by atoms with E-state index >= 15 is 0 Å². The van der Waals surface area contributed by atoms with Crippen LogP contribution in [0.25, 0.3) is 0 Å². The summed E-state index contributed by atoms with van der Waals surface area (Å²) < 4.78 is 11.5. The van der Waals surface area contributed by atoms with Crippen LogP contribution < -0.4 is 0 Å². The number of hydrogen-bond acceptors (Lipinski definition) is 2. The minimum absolute atomic E-state index is 0.133. The molecule has 0 atom stereocenters. The zero-order valence-corrected chi connectivity index (χ0v) is 11.2. The predicted octanol–water partition coefficient (Wildman–Crippen LogP) is 3.88. The van der Waals surface area contributed by atoms with Gasteiger partial charge in [-0.05, 0) is 11.5 Å². The molecule has 1 aromatic carbocycles. The summed E-state index contributed by atoms with van der Waals surface area (Å²) in [5, 5.41) is 0. The summed E-state index contributed by atoms with van der Waals surface area (Å²) in [5.41, 5.74) is 2.60. The van der Waals surface area contributed by atoms with E-state index < -0.39 is 0 Å². The topological polar surface area (TPSA) is 18.5 Å². The quantitative estimate of drug-likeness (QED) is 0.773. The number of rotatable bonds is 2. The van der Waals surface area contributed by atoms with Crippen molar-refractivity contribution in [3.8, 4) is 0 Å². The Labute approximate surface area is 104 Å². The Morgan fingerprint density at radius 2 is 1.59 bits per heavy atom. The van der Waals surface area contributed by atoms with Gasteiger partial charge in [-0.2, -0.15) is 0 Å². The highest BCUT2D eigenvalue weighted by molar-refractivity contribution is 5.25. The van der Waals surface area contributed by atoms with Gasteiger partial charge < -0.3 is 9.47 Å². The fourth-order valence-electron chi connectivity index (χ4n) is 1.92. The van der Waals surface area contributed by atoms with E-state index in [1.54, 1.807) is 0 Å². The molecule has 0 aromatic heterocycles. The Kier molecular flexibility index (Phi) is 3.55. The number of ether oxygens (including phenoxy) is 2. The SMILES string of the molecule is CC(C)c1ccc(C2OCC(C)(C)CO2)cc1. The molecule has 0 spiro atoms. The van der Waals surface area contributed by atoms with Crippen molar-refractivity contribution in [2.75, 3.05) is 13.2 Å². The highest BCUT2D eigenvalue weighted by atomic mass is 16.7. The Hall–Kier alpha value is -0.860. The third-order valence-corrected chi connectivity index (χ3v) is 3.13. The smallest absolute Gasteiger partial charge is 0.183 e. The van der Waals surface area contributed by atoms with Gasteiger partial charge in [0.25, 0.3) is 0 Å². The molecule has 94 valence electrons. The van der Waals surface area contributed by atoms with Crippen molar-refractivity contribution in [2.45, 2.75) is 39.9 Å². The molecule has 0 N–H and O–H groups in total. The maximum atomic E-state index is 5.76. The Morgan fingerprint density at radius 3 is 2.06 bits per heavy atom. The van der Waals surface area contributed by atoms with E-state index in [1.807, 2.05) is 0 Å². The van der Waals surface area contributed by atoms with Crippen LogP contribution in [0.1, 0.15) is 51.0 Å². The average molecular weight is 234 g/mol. The van der Waals surface area contributed by atoms with Crippen LogP contribution in [0.4, 0.5) is 0 Å². The monoisotopic (exact) mass is 234 g/mol. The first-order valence-corrected chi connectivity index (χ1v) is 6.31. The summed E-state index contributed by atoms with van der Waals surface area (Å²) in [5.74, 6) is 0.566. The van der Waals surface area contributed by atoms with E-state index in [0.29, 0.717) is 5.92 Å². The fourth-order valence-corrected chi connectivity index (χ4v) is 1.92. The molecule has 1 saturated heterocycles. The Bertz CT molecular complexity index is 355. The van der Waals surface area contributed by atoms with Crippen LogP contribution in [-0.2, 0) is 9.47 Å². The standard InChI is InChI=1S/C15H22O2/c1-11(2)12-5-7-13(8-6-12)14-16-9-15(3,4)10-17-14/h5-8,11,14H,9-10H2,1-4H3. The molecule has 2 rings (SSSR count). The predicted molar refractivity (Wildman–Crippen MR) is 69.0 cm³/mol. The molecule has 1 aromatic rings. The highest BCUT2D eigenvalue weighted by Crippen LogP contribution is 2.31. The van der Waals surface area contributed by atoms with Gasteiger partial charge in [0, 0.05) is 11.0 Å². The number of hydrogen-bond donors (Lipinski definition) is 0. The van der Waals surface area contributed by atoms with E-state index in [2.05, 4.69) is 52.0 Å². The van der Waals surface area contributed by atoms with Crippen LogP contribution in [0.3, 0.4) is 0 Å². The highest BCUT2D eigenvalue weighted by Gasteiger charge is 2.29. The largest absolute Gasteiger partial charge is 0.348 e. The maximum absolute atomic E-state index is 5.76. The summed E-state index contributed by atoms with van der Waals surface area (Å²) in [6, 6.07) is 8.54. The molecule has 0 amide bonds. The summed E-state index contributed by atoms with van der Waals surface area (Å²) in [6.07, 6.45) is -0.191. The van der Waals surface area contributed by atoms with Gasteiger partial charge in [0.1, 0.15) is 0 Å². The van der Waals surface area contributed by atoms with E-state index in [4.69, 9.17) is 9.47 Å². The third kappa shape index (κ3) is 3.08. The molecule has 0 bridgehead atoms. The van der Waals surface area contributed by atoms with Crippen LogP contribution in [0.15, 0.2) is 24.3 Å². The first-order chi connectivity index (χ1) is 7.98.